The summed E-state index contributed by atoms with van der Waals surface area (Å²) in [4.78, 5) is 28.0. The van der Waals surface area contributed by atoms with Gasteiger partial charge in [-0.15, -0.1) is 0 Å². The Hall–Kier alpha value is -3.20. The first-order valence-corrected chi connectivity index (χ1v) is 9.64. The average molecular weight is 367 g/mol. The molecule has 3 aromatic rings. The van der Waals surface area contributed by atoms with Gasteiger partial charge in [0.25, 0.3) is 0 Å². The molecule has 1 saturated carbocycles. The lowest BCUT2D eigenvalue weighted by molar-refractivity contribution is -0.123. The van der Waals surface area contributed by atoms with E-state index in [0.29, 0.717) is 12.1 Å². The fourth-order valence-electron chi connectivity index (χ4n) is 4.94. The minimum absolute atomic E-state index is 0.0749. The highest BCUT2D eigenvalue weighted by atomic mass is 16.2. The van der Waals surface area contributed by atoms with Crippen LogP contribution in [-0.4, -0.2) is 11.8 Å². The molecule has 3 nitrogen and oxygen atoms in total. The van der Waals surface area contributed by atoms with Gasteiger partial charge in [0.05, 0.1) is 11.1 Å². The largest absolute Gasteiger partial charge is 0.274 e. The molecule has 2 amide bonds. The number of carbonyl (C=O) groups excluding carboxylic acids is 2. The maximum absolute atomic E-state index is 13.7. The molecule has 1 saturated heterocycles. The monoisotopic (exact) mass is 367 g/mol. The quantitative estimate of drug-likeness (QED) is 0.633. The molecule has 0 bridgehead atoms. The van der Waals surface area contributed by atoms with Crippen LogP contribution in [0.15, 0.2) is 84.9 Å². The van der Waals surface area contributed by atoms with Gasteiger partial charge in [0.2, 0.25) is 11.8 Å². The van der Waals surface area contributed by atoms with E-state index in [2.05, 4.69) is 24.3 Å². The van der Waals surface area contributed by atoms with Crippen LogP contribution in [0.2, 0.25) is 0 Å². The van der Waals surface area contributed by atoms with Crippen LogP contribution in [0.5, 0.6) is 0 Å². The van der Waals surface area contributed by atoms with Crippen molar-refractivity contribution in [3.05, 3.63) is 102 Å². The summed E-state index contributed by atoms with van der Waals surface area (Å²) in [5.41, 5.74) is 2.84. The third-order valence-corrected chi connectivity index (χ3v) is 6.40. The zero-order chi connectivity index (χ0) is 19.4. The van der Waals surface area contributed by atoms with E-state index in [0.717, 1.165) is 16.7 Å². The summed E-state index contributed by atoms with van der Waals surface area (Å²) in [6.07, 6.45) is 0.921. The number of carbonyl (C=O) groups is 2. The van der Waals surface area contributed by atoms with Gasteiger partial charge in [-0.05, 0) is 36.6 Å². The molecule has 1 atom stereocenters. The molecule has 5 rings (SSSR count). The molecule has 2 fully saturated rings. The molecule has 28 heavy (non-hydrogen) atoms. The zero-order valence-electron chi connectivity index (χ0n) is 15.8. The lowest BCUT2D eigenvalue weighted by atomic mass is 9.79. The van der Waals surface area contributed by atoms with Gasteiger partial charge in [0.15, 0.2) is 0 Å². The Labute approximate surface area is 164 Å². The van der Waals surface area contributed by atoms with E-state index >= 15 is 0 Å². The van der Waals surface area contributed by atoms with E-state index in [-0.39, 0.29) is 18.2 Å². The molecule has 0 unspecified atom stereocenters. The lowest BCUT2D eigenvalue weighted by Crippen LogP contribution is -2.33. The van der Waals surface area contributed by atoms with Crippen molar-refractivity contribution in [3.63, 3.8) is 0 Å². The van der Waals surface area contributed by atoms with Crippen molar-refractivity contribution in [2.24, 2.45) is 5.41 Å². The normalized spacial score (nSPS) is 22.7. The molecular weight excluding hydrogens is 346 g/mol. The number of benzene rings is 3. The van der Waals surface area contributed by atoms with Gasteiger partial charge < -0.3 is 0 Å². The minimum Gasteiger partial charge on any atom is -0.274 e. The van der Waals surface area contributed by atoms with Crippen molar-refractivity contribution in [3.8, 4) is 0 Å². The number of imide groups is 1. The predicted octanol–water partition coefficient (Wildman–Crippen LogP) is 4.63. The Morgan fingerprint density at radius 3 is 1.82 bits per heavy atom. The zero-order valence-corrected chi connectivity index (χ0v) is 15.8. The van der Waals surface area contributed by atoms with E-state index in [4.69, 9.17) is 0 Å². The minimum atomic E-state index is -0.697. The Kier molecular flexibility index (Phi) is 3.57. The van der Waals surface area contributed by atoms with Crippen LogP contribution in [0.25, 0.3) is 0 Å². The maximum atomic E-state index is 13.7. The molecule has 2 aliphatic rings. The van der Waals surface area contributed by atoms with Crippen molar-refractivity contribution in [1.82, 2.24) is 0 Å². The van der Waals surface area contributed by atoms with Crippen molar-refractivity contribution in [1.29, 1.82) is 0 Å². The second-order valence-electron chi connectivity index (χ2n) is 7.94. The SMILES string of the molecule is Cc1ccc(N2C(=O)C[C@]3(CC3(c3ccccc3)c3ccccc3)C2=O)cc1. The van der Waals surface area contributed by atoms with E-state index in [1.165, 1.54) is 4.90 Å². The smallest absolute Gasteiger partial charge is 0.241 e. The van der Waals surface area contributed by atoms with E-state index in [1.807, 2.05) is 67.6 Å². The highest BCUT2D eigenvalue weighted by Crippen LogP contribution is 2.72. The van der Waals surface area contributed by atoms with Crippen molar-refractivity contribution < 1.29 is 9.59 Å². The number of hydrogen-bond acceptors (Lipinski definition) is 2. The Bertz CT molecular complexity index is 1020. The second kappa shape index (κ2) is 5.90. The summed E-state index contributed by atoms with van der Waals surface area (Å²) in [7, 11) is 0. The van der Waals surface area contributed by atoms with Gasteiger partial charge in [-0.3, -0.25) is 14.5 Å². The first-order chi connectivity index (χ1) is 13.6. The molecule has 1 heterocycles. The lowest BCUT2D eigenvalue weighted by Gasteiger charge is -2.23. The number of rotatable bonds is 3. The molecule has 138 valence electrons. The summed E-state index contributed by atoms with van der Waals surface area (Å²) in [5, 5.41) is 0. The molecular formula is C25H21NO2. The van der Waals surface area contributed by atoms with Crippen LogP contribution >= 0.6 is 0 Å². The van der Waals surface area contributed by atoms with Crippen LogP contribution in [0, 0.1) is 12.3 Å². The van der Waals surface area contributed by atoms with Crippen LogP contribution in [-0.2, 0) is 15.0 Å². The summed E-state index contributed by atoms with van der Waals surface area (Å²) in [6.45, 7) is 2.00. The number of nitrogens with zero attached hydrogens (tertiary/aromatic N) is 1. The maximum Gasteiger partial charge on any atom is 0.241 e. The Morgan fingerprint density at radius 2 is 1.29 bits per heavy atom. The molecule has 1 aliphatic heterocycles. The van der Waals surface area contributed by atoms with Crippen LogP contribution in [0.3, 0.4) is 0 Å². The molecule has 0 N–H and O–H groups in total. The summed E-state index contributed by atoms with van der Waals surface area (Å²) >= 11 is 0. The van der Waals surface area contributed by atoms with Gasteiger partial charge in [0, 0.05) is 11.8 Å². The van der Waals surface area contributed by atoms with Gasteiger partial charge >= 0.3 is 0 Å². The first kappa shape index (κ1) is 16.9. The fourth-order valence-corrected chi connectivity index (χ4v) is 4.94. The fraction of sp³-hybridized carbons (Fsp3) is 0.200. The molecule has 0 aromatic heterocycles. The number of amides is 2. The summed E-state index contributed by atoms with van der Waals surface area (Å²) < 4.78 is 0. The van der Waals surface area contributed by atoms with Gasteiger partial charge in [-0.1, -0.05) is 78.4 Å². The molecule has 0 radical (unpaired) electrons. The van der Waals surface area contributed by atoms with Gasteiger partial charge in [0.1, 0.15) is 0 Å². The first-order valence-electron chi connectivity index (χ1n) is 9.64. The number of aryl methyl sites for hydroxylation is 1. The number of anilines is 1. The molecule has 1 aliphatic carbocycles. The average Bonchev–Trinajstić information content (AvgIpc) is 3.34. The van der Waals surface area contributed by atoms with E-state index < -0.39 is 10.8 Å². The standard InChI is InChI=1S/C25H21NO2/c1-18-12-14-21(15-13-18)26-22(27)16-24(23(26)28)17-25(24,19-8-4-2-5-9-19)20-10-6-3-7-11-20/h2-15H,16-17H2,1H3/t24-/m0/s1. The molecule has 1 spiro atoms. The van der Waals surface area contributed by atoms with Crippen LogP contribution in [0.1, 0.15) is 29.5 Å². The van der Waals surface area contributed by atoms with Crippen LogP contribution in [0.4, 0.5) is 5.69 Å². The van der Waals surface area contributed by atoms with Gasteiger partial charge in [-0.25, -0.2) is 0 Å². The Balaban J connectivity index is 1.63. The summed E-state index contributed by atoms with van der Waals surface area (Å²) in [6, 6.07) is 27.9. The van der Waals surface area contributed by atoms with Crippen molar-refractivity contribution >= 4 is 17.5 Å². The second-order valence-corrected chi connectivity index (χ2v) is 7.94. The van der Waals surface area contributed by atoms with E-state index in [1.54, 1.807) is 0 Å². The van der Waals surface area contributed by atoms with Crippen LogP contribution < -0.4 is 4.90 Å². The van der Waals surface area contributed by atoms with Gasteiger partial charge in [-0.2, -0.15) is 0 Å². The number of hydrogen-bond donors (Lipinski definition) is 0. The van der Waals surface area contributed by atoms with Crippen molar-refractivity contribution in [2.75, 3.05) is 4.90 Å². The molecule has 3 heteroatoms. The topological polar surface area (TPSA) is 37.4 Å². The van der Waals surface area contributed by atoms with E-state index in [9.17, 15) is 9.59 Å². The third kappa shape index (κ3) is 2.16. The predicted molar refractivity (Wildman–Crippen MR) is 109 cm³/mol. The highest BCUT2D eigenvalue weighted by molar-refractivity contribution is 6.25. The highest BCUT2D eigenvalue weighted by Gasteiger charge is 2.77. The Morgan fingerprint density at radius 1 is 0.750 bits per heavy atom. The summed E-state index contributed by atoms with van der Waals surface area (Å²) in [5.74, 6) is -0.184. The van der Waals surface area contributed by atoms with Crippen molar-refractivity contribution in [2.45, 2.75) is 25.2 Å². The molecule has 3 aromatic carbocycles. The third-order valence-electron chi connectivity index (χ3n) is 6.40.